The van der Waals surface area contributed by atoms with Gasteiger partial charge in [0, 0.05) is 5.56 Å². The van der Waals surface area contributed by atoms with Crippen molar-refractivity contribution in [3.8, 4) is 17.2 Å². The highest BCUT2D eigenvalue weighted by Crippen LogP contribution is 2.44. The number of rotatable bonds is 5. The van der Waals surface area contributed by atoms with Crippen LogP contribution in [0.1, 0.15) is 29.1 Å². The van der Waals surface area contributed by atoms with Gasteiger partial charge in [-0.05, 0) is 49.7 Å². The van der Waals surface area contributed by atoms with Gasteiger partial charge in [0.15, 0.2) is 11.5 Å². The van der Waals surface area contributed by atoms with E-state index in [1.165, 1.54) is 16.2 Å². The lowest BCUT2D eigenvalue weighted by molar-refractivity contribution is -0.132. The van der Waals surface area contributed by atoms with Crippen molar-refractivity contribution in [3.05, 3.63) is 64.2 Å². The predicted molar refractivity (Wildman–Crippen MR) is 124 cm³/mol. The van der Waals surface area contributed by atoms with Gasteiger partial charge in [-0.15, -0.1) is 10.2 Å². The van der Waals surface area contributed by atoms with Gasteiger partial charge in [-0.25, -0.2) is 0 Å². The topological polar surface area (TPSA) is 111 Å². The number of carbonyl (C=O) groups excluding carboxylic acids is 2. The van der Waals surface area contributed by atoms with Crippen molar-refractivity contribution in [1.82, 2.24) is 10.2 Å². The molecule has 1 atom stereocenters. The quantitative estimate of drug-likeness (QED) is 0.335. The van der Waals surface area contributed by atoms with Crippen molar-refractivity contribution in [3.63, 3.8) is 0 Å². The average molecular weight is 480 g/mol. The lowest BCUT2D eigenvalue weighted by atomic mass is 9.95. The molecule has 2 aromatic carbocycles. The van der Waals surface area contributed by atoms with Crippen LogP contribution >= 0.6 is 11.3 Å². The molecule has 1 N–H and O–H groups in total. The highest BCUT2D eigenvalue weighted by molar-refractivity contribution is 7.15. The molecule has 1 saturated heterocycles. The molecule has 2 aliphatic heterocycles. The number of aryl methyl sites for hydroxylation is 1. The summed E-state index contributed by atoms with van der Waals surface area (Å²) >= 11 is 1.19. The first-order valence-corrected chi connectivity index (χ1v) is 11.5. The van der Waals surface area contributed by atoms with Crippen molar-refractivity contribution in [1.29, 1.82) is 0 Å². The van der Waals surface area contributed by atoms with Gasteiger partial charge in [-0.1, -0.05) is 23.5 Å². The molecule has 1 amide bonds. The molecule has 9 nitrogen and oxygen atoms in total. The SMILES string of the molecule is CCOc1cccc([C@@H]2/C(=C(\O)c3ccc4c(c3)OCCO4)C(=O)C(=O)N2c2nnc(C)s2)c1. The van der Waals surface area contributed by atoms with Crippen LogP contribution in [0.25, 0.3) is 5.76 Å². The van der Waals surface area contributed by atoms with Crippen molar-refractivity contribution in [2.24, 2.45) is 0 Å². The average Bonchev–Trinajstić information content (AvgIpc) is 3.39. The molecule has 3 heterocycles. The van der Waals surface area contributed by atoms with Crippen molar-refractivity contribution < 1.29 is 28.9 Å². The summed E-state index contributed by atoms with van der Waals surface area (Å²) in [6.07, 6.45) is 0. The number of aliphatic hydroxyl groups is 1. The summed E-state index contributed by atoms with van der Waals surface area (Å²) in [4.78, 5) is 27.7. The Hall–Kier alpha value is -3.92. The molecular weight excluding hydrogens is 458 g/mol. The highest BCUT2D eigenvalue weighted by Gasteiger charge is 2.48. The normalized spacial score (nSPS) is 18.9. The zero-order chi connectivity index (χ0) is 23.8. The largest absolute Gasteiger partial charge is 0.507 e. The van der Waals surface area contributed by atoms with E-state index in [4.69, 9.17) is 14.2 Å². The maximum atomic E-state index is 13.3. The number of carbonyl (C=O) groups is 2. The molecule has 1 aromatic heterocycles. The van der Waals surface area contributed by atoms with Gasteiger partial charge in [-0.3, -0.25) is 14.5 Å². The van der Waals surface area contributed by atoms with Gasteiger partial charge in [0.1, 0.15) is 29.7 Å². The number of aromatic nitrogens is 2. The number of Topliss-reactive ketones (excluding diaryl/α,β-unsaturated/α-hetero) is 1. The Labute approximate surface area is 199 Å². The molecule has 1 fully saturated rings. The van der Waals surface area contributed by atoms with E-state index in [1.807, 2.05) is 6.92 Å². The molecular formula is C24H21N3O6S. The number of ether oxygens (including phenoxy) is 3. The van der Waals surface area contributed by atoms with Gasteiger partial charge >= 0.3 is 5.91 Å². The van der Waals surface area contributed by atoms with E-state index in [0.29, 0.717) is 53.2 Å². The molecule has 5 rings (SSSR count). The lowest BCUT2D eigenvalue weighted by Gasteiger charge is -2.23. The van der Waals surface area contributed by atoms with Crippen LogP contribution in [0, 0.1) is 6.92 Å². The van der Waals surface area contributed by atoms with Crippen molar-refractivity contribution >= 4 is 33.9 Å². The Balaban J connectivity index is 1.68. The van der Waals surface area contributed by atoms with E-state index < -0.39 is 17.7 Å². The van der Waals surface area contributed by atoms with E-state index in [9.17, 15) is 14.7 Å². The fourth-order valence-corrected chi connectivity index (χ4v) is 4.73. The second-order valence-corrected chi connectivity index (χ2v) is 8.80. The summed E-state index contributed by atoms with van der Waals surface area (Å²) in [5.41, 5.74) is 0.877. The standard InChI is InChI=1S/C24H21N3O6S/c1-3-31-16-6-4-5-14(11-16)20-19(22(29)23(30)27(20)24-26-25-13(2)34-24)21(28)15-7-8-17-18(12-15)33-10-9-32-17/h4-8,11-12,20,28H,3,9-10H2,1-2H3/b21-19+/t20-/m1/s1. The molecule has 0 aliphatic carbocycles. The maximum Gasteiger partial charge on any atom is 0.301 e. The smallest absolute Gasteiger partial charge is 0.301 e. The number of anilines is 1. The number of amides is 1. The van der Waals surface area contributed by atoms with Crippen molar-refractivity contribution in [2.75, 3.05) is 24.7 Å². The summed E-state index contributed by atoms with van der Waals surface area (Å²) in [5, 5.41) is 20.3. The van der Waals surface area contributed by atoms with Crippen LogP contribution in [0.15, 0.2) is 48.0 Å². The number of ketones is 1. The number of aliphatic hydroxyl groups excluding tert-OH is 1. The number of hydrogen-bond donors (Lipinski definition) is 1. The molecule has 3 aromatic rings. The van der Waals surface area contributed by atoms with Crippen LogP contribution in [0.4, 0.5) is 5.13 Å². The first-order valence-electron chi connectivity index (χ1n) is 10.7. The predicted octanol–water partition coefficient (Wildman–Crippen LogP) is 3.64. The van der Waals surface area contributed by atoms with Gasteiger partial charge in [0.2, 0.25) is 5.13 Å². The van der Waals surface area contributed by atoms with Crippen LogP contribution in [0.3, 0.4) is 0 Å². The third-order valence-corrected chi connectivity index (χ3v) is 6.30. The van der Waals surface area contributed by atoms with E-state index in [2.05, 4.69) is 10.2 Å². The monoisotopic (exact) mass is 479 g/mol. The third-order valence-electron chi connectivity index (χ3n) is 5.47. The van der Waals surface area contributed by atoms with Gasteiger partial charge in [0.05, 0.1) is 18.2 Å². The molecule has 34 heavy (non-hydrogen) atoms. The minimum absolute atomic E-state index is 0.0526. The Morgan fingerprint density at radius 1 is 1.15 bits per heavy atom. The van der Waals surface area contributed by atoms with Crippen LogP contribution in [-0.4, -0.2) is 46.8 Å². The first kappa shape index (κ1) is 21.9. The zero-order valence-electron chi connectivity index (χ0n) is 18.5. The number of benzene rings is 2. The molecule has 2 aliphatic rings. The summed E-state index contributed by atoms with van der Waals surface area (Å²) in [7, 11) is 0. The van der Waals surface area contributed by atoms with Crippen molar-refractivity contribution in [2.45, 2.75) is 19.9 Å². The van der Waals surface area contributed by atoms with Gasteiger partial charge in [-0.2, -0.15) is 0 Å². The summed E-state index contributed by atoms with van der Waals surface area (Å²) < 4.78 is 16.8. The van der Waals surface area contributed by atoms with Crippen LogP contribution < -0.4 is 19.1 Å². The molecule has 0 spiro atoms. The molecule has 0 bridgehead atoms. The lowest BCUT2D eigenvalue weighted by Crippen LogP contribution is -2.29. The summed E-state index contributed by atoms with van der Waals surface area (Å²) in [6.45, 7) is 4.89. The maximum absolute atomic E-state index is 13.3. The van der Waals surface area contributed by atoms with Crippen LogP contribution in [-0.2, 0) is 9.59 Å². The summed E-state index contributed by atoms with van der Waals surface area (Å²) in [6, 6.07) is 11.1. The Morgan fingerprint density at radius 2 is 1.94 bits per heavy atom. The van der Waals surface area contributed by atoms with Gasteiger partial charge < -0.3 is 19.3 Å². The molecule has 10 heteroatoms. The zero-order valence-corrected chi connectivity index (χ0v) is 19.3. The van der Waals surface area contributed by atoms with Crippen LogP contribution in [0.2, 0.25) is 0 Å². The first-order chi connectivity index (χ1) is 16.5. The molecule has 0 saturated carbocycles. The van der Waals surface area contributed by atoms with Gasteiger partial charge in [0.25, 0.3) is 5.78 Å². The second kappa shape index (κ2) is 8.79. The Kier molecular flexibility index (Phi) is 5.66. The second-order valence-electron chi connectivity index (χ2n) is 7.64. The highest BCUT2D eigenvalue weighted by atomic mass is 32.1. The number of nitrogens with zero attached hydrogens (tertiary/aromatic N) is 3. The number of fused-ring (bicyclic) bond motifs is 1. The molecule has 0 radical (unpaired) electrons. The minimum Gasteiger partial charge on any atom is -0.507 e. The Morgan fingerprint density at radius 3 is 2.68 bits per heavy atom. The van der Waals surface area contributed by atoms with E-state index in [1.54, 1.807) is 49.4 Å². The fraction of sp³-hybridized carbons (Fsp3) is 0.250. The van der Waals surface area contributed by atoms with E-state index in [0.717, 1.165) is 0 Å². The Bertz CT molecular complexity index is 1320. The third kappa shape index (κ3) is 3.75. The number of hydrogen-bond acceptors (Lipinski definition) is 9. The van der Waals surface area contributed by atoms with E-state index in [-0.39, 0.29) is 16.5 Å². The fourth-order valence-electron chi connectivity index (χ4n) is 4.02. The van der Waals surface area contributed by atoms with E-state index >= 15 is 0 Å². The van der Waals surface area contributed by atoms with Crippen LogP contribution in [0.5, 0.6) is 17.2 Å². The summed E-state index contributed by atoms with van der Waals surface area (Å²) in [5.74, 6) is -0.328. The minimum atomic E-state index is -0.916. The molecule has 174 valence electrons. The molecule has 0 unspecified atom stereocenters.